The molecule has 0 radical (unpaired) electrons. The lowest BCUT2D eigenvalue weighted by Crippen LogP contribution is -2.17. The molecule has 1 N–H and O–H groups in total. The van der Waals surface area contributed by atoms with Gasteiger partial charge in [-0.15, -0.1) is 0 Å². The summed E-state index contributed by atoms with van der Waals surface area (Å²) in [5, 5.41) is 4.62. The second-order valence-corrected chi connectivity index (χ2v) is 5.63. The number of carbonyl (C=O) groups is 1. The molecule has 0 bridgehead atoms. The zero-order valence-corrected chi connectivity index (χ0v) is 13.6. The highest BCUT2D eigenvalue weighted by atomic mass is 35.5. The van der Waals surface area contributed by atoms with Crippen molar-refractivity contribution >= 4 is 23.7 Å². The molecule has 0 unspecified atom stereocenters. The lowest BCUT2D eigenvalue weighted by Gasteiger charge is -2.03. The molecule has 118 valence electrons. The van der Waals surface area contributed by atoms with E-state index in [0.717, 1.165) is 16.7 Å². The molecule has 3 nitrogen and oxygen atoms in total. The second-order valence-electron chi connectivity index (χ2n) is 5.19. The van der Waals surface area contributed by atoms with Crippen molar-refractivity contribution in [2.24, 2.45) is 5.10 Å². The molecule has 0 atom stereocenters. The molecule has 0 spiro atoms. The average molecular weight is 335 g/mol. The van der Waals surface area contributed by atoms with Crippen molar-refractivity contribution in [3.05, 3.63) is 95.0 Å². The Morgan fingerprint density at radius 2 is 1.46 bits per heavy atom. The van der Waals surface area contributed by atoms with E-state index in [4.69, 9.17) is 11.6 Å². The predicted octanol–water partition coefficient (Wildman–Crippen LogP) is 4.77. The van der Waals surface area contributed by atoms with E-state index in [2.05, 4.69) is 10.5 Å². The highest BCUT2D eigenvalue weighted by Gasteiger charge is 2.04. The molecule has 0 fully saturated rings. The van der Waals surface area contributed by atoms with Crippen molar-refractivity contribution in [2.75, 3.05) is 0 Å². The minimum atomic E-state index is -0.250. The molecule has 0 heterocycles. The Kier molecular flexibility index (Phi) is 5.04. The SMILES string of the molecule is O=C(NN=Cc1ccc(Cl)cc1)c1ccc(-c2ccccc2)cc1. The van der Waals surface area contributed by atoms with E-state index in [1.54, 1.807) is 30.5 Å². The van der Waals surface area contributed by atoms with Gasteiger partial charge in [0.25, 0.3) is 5.91 Å². The number of nitrogens with zero attached hydrogens (tertiary/aromatic N) is 1. The van der Waals surface area contributed by atoms with Gasteiger partial charge in [-0.05, 0) is 41.0 Å². The number of hydrazone groups is 1. The third-order valence-corrected chi connectivity index (χ3v) is 3.76. The Balaban J connectivity index is 1.64. The van der Waals surface area contributed by atoms with Gasteiger partial charge in [-0.2, -0.15) is 5.10 Å². The van der Waals surface area contributed by atoms with Crippen molar-refractivity contribution in [1.82, 2.24) is 5.43 Å². The summed E-state index contributed by atoms with van der Waals surface area (Å²) < 4.78 is 0. The first kappa shape index (κ1) is 16.0. The van der Waals surface area contributed by atoms with E-state index in [1.165, 1.54) is 0 Å². The van der Waals surface area contributed by atoms with Crippen LogP contribution in [0.1, 0.15) is 15.9 Å². The Morgan fingerprint density at radius 1 is 0.833 bits per heavy atom. The Morgan fingerprint density at radius 3 is 2.12 bits per heavy atom. The van der Waals surface area contributed by atoms with E-state index in [9.17, 15) is 4.79 Å². The topological polar surface area (TPSA) is 41.5 Å². The third-order valence-electron chi connectivity index (χ3n) is 3.50. The number of benzene rings is 3. The highest BCUT2D eigenvalue weighted by molar-refractivity contribution is 6.30. The fourth-order valence-electron chi connectivity index (χ4n) is 2.22. The fraction of sp³-hybridized carbons (Fsp3) is 0. The van der Waals surface area contributed by atoms with Gasteiger partial charge in [0.1, 0.15) is 0 Å². The third kappa shape index (κ3) is 4.09. The summed E-state index contributed by atoms with van der Waals surface area (Å²) in [7, 11) is 0. The van der Waals surface area contributed by atoms with Crippen LogP contribution in [0.2, 0.25) is 5.02 Å². The molecule has 3 aromatic carbocycles. The maximum absolute atomic E-state index is 12.1. The van der Waals surface area contributed by atoms with Crippen LogP contribution in [0.3, 0.4) is 0 Å². The molecule has 3 rings (SSSR count). The summed E-state index contributed by atoms with van der Waals surface area (Å²) >= 11 is 5.82. The van der Waals surface area contributed by atoms with Gasteiger partial charge < -0.3 is 0 Å². The standard InChI is InChI=1S/C20H15ClN2O/c21-19-12-6-15(7-13-19)14-22-23-20(24)18-10-8-17(9-11-18)16-4-2-1-3-5-16/h1-14H,(H,23,24). The van der Waals surface area contributed by atoms with Gasteiger partial charge in [0.05, 0.1) is 6.21 Å². The summed E-state index contributed by atoms with van der Waals surface area (Å²) in [5.41, 5.74) is 6.12. The Bertz CT molecular complexity index is 841. The minimum Gasteiger partial charge on any atom is -0.267 e. The largest absolute Gasteiger partial charge is 0.271 e. The summed E-state index contributed by atoms with van der Waals surface area (Å²) in [6.07, 6.45) is 1.58. The summed E-state index contributed by atoms with van der Waals surface area (Å²) in [5.74, 6) is -0.250. The zero-order valence-electron chi connectivity index (χ0n) is 12.8. The van der Waals surface area contributed by atoms with Gasteiger partial charge in [0, 0.05) is 10.6 Å². The highest BCUT2D eigenvalue weighted by Crippen LogP contribution is 2.19. The molecular weight excluding hydrogens is 320 g/mol. The number of hydrogen-bond acceptors (Lipinski definition) is 2. The Labute approximate surface area is 145 Å². The van der Waals surface area contributed by atoms with E-state index in [1.807, 2.05) is 54.6 Å². The average Bonchev–Trinajstić information content (AvgIpc) is 2.64. The number of rotatable bonds is 4. The van der Waals surface area contributed by atoms with Crippen molar-refractivity contribution < 1.29 is 4.79 Å². The van der Waals surface area contributed by atoms with E-state index < -0.39 is 0 Å². The smallest absolute Gasteiger partial charge is 0.267 e. The first-order valence-electron chi connectivity index (χ1n) is 7.47. The van der Waals surface area contributed by atoms with Gasteiger partial charge in [-0.25, -0.2) is 5.43 Å². The molecule has 0 aliphatic carbocycles. The van der Waals surface area contributed by atoms with E-state index in [0.29, 0.717) is 10.6 Å². The monoisotopic (exact) mass is 334 g/mol. The Hall–Kier alpha value is -2.91. The number of halogens is 1. The van der Waals surface area contributed by atoms with E-state index in [-0.39, 0.29) is 5.91 Å². The summed E-state index contributed by atoms with van der Waals surface area (Å²) in [6.45, 7) is 0. The van der Waals surface area contributed by atoms with Crippen LogP contribution < -0.4 is 5.43 Å². The first-order chi connectivity index (χ1) is 11.7. The number of hydrogen-bond donors (Lipinski definition) is 1. The quantitative estimate of drug-likeness (QED) is 0.542. The maximum atomic E-state index is 12.1. The van der Waals surface area contributed by atoms with Crippen molar-refractivity contribution in [1.29, 1.82) is 0 Å². The van der Waals surface area contributed by atoms with Crippen LogP contribution in [0.25, 0.3) is 11.1 Å². The lowest BCUT2D eigenvalue weighted by atomic mass is 10.0. The molecule has 0 aliphatic heterocycles. The number of carbonyl (C=O) groups excluding carboxylic acids is 1. The van der Waals surface area contributed by atoms with Crippen LogP contribution in [0.5, 0.6) is 0 Å². The van der Waals surface area contributed by atoms with Gasteiger partial charge in [-0.3, -0.25) is 4.79 Å². The molecule has 1 amide bonds. The first-order valence-corrected chi connectivity index (χ1v) is 7.84. The van der Waals surface area contributed by atoms with Crippen LogP contribution in [-0.4, -0.2) is 12.1 Å². The molecule has 4 heteroatoms. The van der Waals surface area contributed by atoms with Crippen LogP contribution in [0, 0.1) is 0 Å². The van der Waals surface area contributed by atoms with Gasteiger partial charge >= 0.3 is 0 Å². The van der Waals surface area contributed by atoms with Gasteiger partial charge in [0.15, 0.2) is 0 Å². The van der Waals surface area contributed by atoms with Crippen LogP contribution in [-0.2, 0) is 0 Å². The fourth-order valence-corrected chi connectivity index (χ4v) is 2.35. The van der Waals surface area contributed by atoms with Crippen molar-refractivity contribution in [3.8, 4) is 11.1 Å². The van der Waals surface area contributed by atoms with Crippen LogP contribution >= 0.6 is 11.6 Å². The van der Waals surface area contributed by atoms with E-state index >= 15 is 0 Å². The molecule has 0 saturated heterocycles. The zero-order chi connectivity index (χ0) is 16.8. The number of amides is 1. The van der Waals surface area contributed by atoms with Gasteiger partial charge in [0.2, 0.25) is 0 Å². The second kappa shape index (κ2) is 7.57. The normalized spacial score (nSPS) is 10.7. The summed E-state index contributed by atoms with van der Waals surface area (Å²) in [6, 6.07) is 24.6. The van der Waals surface area contributed by atoms with Crippen LogP contribution in [0.4, 0.5) is 0 Å². The molecule has 0 aliphatic rings. The molecular formula is C20H15ClN2O. The van der Waals surface area contributed by atoms with Crippen LogP contribution in [0.15, 0.2) is 84.0 Å². The molecule has 3 aromatic rings. The maximum Gasteiger partial charge on any atom is 0.271 e. The molecule has 0 saturated carbocycles. The molecule has 0 aromatic heterocycles. The van der Waals surface area contributed by atoms with Gasteiger partial charge in [-0.1, -0.05) is 66.2 Å². The van der Waals surface area contributed by atoms with Crippen molar-refractivity contribution in [2.45, 2.75) is 0 Å². The van der Waals surface area contributed by atoms with Crippen molar-refractivity contribution in [3.63, 3.8) is 0 Å². The lowest BCUT2D eigenvalue weighted by molar-refractivity contribution is 0.0955. The molecule has 24 heavy (non-hydrogen) atoms. The minimum absolute atomic E-state index is 0.250. The number of nitrogens with one attached hydrogen (secondary N) is 1. The summed E-state index contributed by atoms with van der Waals surface area (Å²) in [4.78, 5) is 12.1. The predicted molar refractivity (Wildman–Crippen MR) is 98.4 cm³/mol.